The molecule has 33 heavy (non-hydrogen) atoms. The molecule has 0 aromatic heterocycles. The van der Waals surface area contributed by atoms with Crippen LogP contribution in [0.4, 0.5) is 0 Å². The quantitative estimate of drug-likeness (QED) is 0.136. The molecule has 0 amide bonds. The maximum Gasteiger partial charge on any atom is 0.327 e. The number of hydrogen-bond donors (Lipinski definition) is 0. The van der Waals surface area contributed by atoms with Gasteiger partial charge in [0, 0.05) is 19.9 Å². The average molecular weight is 509 g/mol. The van der Waals surface area contributed by atoms with Crippen LogP contribution in [-0.2, 0) is 23.1 Å². The van der Waals surface area contributed by atoms with Gasteiger partial charge in [0.1, 0.15) is 0 Å². The van der Waals surface area contributed by atoms with Crippen LogP contribution < -0.4 is 0 Å². The van der Waals surface area contributed by atoms with Crippen LogP contribution in [0.1, 0.15) is 126 Å². The third-order valence-electron chi connectivity index (χ3n) is 4.36. The van der Waals surface area contributed by atoms with Crippen molar-refractivity contribution in [3.8, 4) is 0 Å². The van der Waals surface area contributed by atoms with Crippen LogP contribution in [0.5, 0.6) is 0 Å². The van der Waals surface area contributed by atoms with E-state index in [4.69, 9.17) is 18.5 Å². The molecule has 0 aromatic rings. The molecular weight excluding hydrogens is 435 g/mol. The summed E-state index contributed by atoms with van der Waals surface area (Å²) in [4.78, 5) is 0. The van der Waals surface area contributed by atoms with Crippen LogP contribution in [-0.4, -0.2) is 46.3 Å². The first-order chi connectivity index (χ1) is 12.0. The molecule has 0 radical (unpaired) electrons. The van der Waals surface area contributed by atoms with Crippen molar-refractivity contribution in [2.45, 2.75) is 126 Å². The Kier molecular flexibility index (Phi) is 69.9. The van der Waals surface area contributed by atoms with Crippen LogP contribution in [0.15, 0.2) is 0 Å². The maximum absolute atomic E-state index is 12.2. The molecule has 0 fully saturated rings. The summed E-state index contributed by atoms with van der Waals surface area (Å²) in [6.07, 6.45) is 6.97. The molecule has 216 valence electrons. The standard InChI is InChI=1S/C19H41O5P.8CH4/c1-6-10-18(8-3)16-21-12-14-23-25(5,20)24-15-13-22-17-19(9-4)11-7-2;;;;;;;;/h18-19H,6-17H2,1-5H3;8*1H4. The molecule has 0 aliphatic carbocycles. The Morgan fingerprint density at radius 2 is 0.879 bits per heavy atom. The van der Waals surface area contributed by atoms with Gasteiger partial charge in [-0.15, -0.1) is 0 Å². The Labute approximate surface area is 214 Å². The van der Waals surface area contributed by atoms with Gasteiger partial charge in [-0.25, -0.2) is 0 Å². The predicted octanol–water partition coefficient (Wildman–Crippen LogP) is 10.6. The van der Waals surface area contributed by atoms with Crippen molar-refractivity contribution >= 4 is 7.60 Å². The van der Waals surface area contributed by atoms with Crippen LogP contribution in [0.3, 0.4) is 0 Å². The van der Waals surface area contributed by atoms with E-state index in [1.807, 2.05) is 0 Å². The Balaban J connectivity index is -0.000000103. The minimum atomic E-state index is -3.02. The summed E-state index contributed by atoms with van der Waals surface area (Å²) in [5.74, 6) is 1.21. The van der Waals surface area contributed by atoms with E-state index in [0.717, 1.165) is 26.1 Å². The molecule has 5 nitrogen and oxygen atoms in total. The van der Waals surface area contributed by atoms with E-state index in [1.165, 1.54) is 32.3 Å². The van der Waals surface area contributed by atoms with E-state index >= 15 is 0 Å². The van der Waals surface area contributed by atoms with Crippen LogP contribution in [0.25, 0.3) is 0 Å². The second-order valence-corrected chi connectivity index (χ2v) is 8.77. The Bertz CT molecular complexity index is 312. The Morgan fingerprint density at radius 1 is 0.576 bits per heavy atom. The summed E-state index contributed by atoms with van der Waals surface area (Å²) >= 11 is 0. The Hall–Kier alpha value is 0.0700. The van der Waals surface area contributed by atoms with Crippen LogP contribution in [0.2, 0.25) is 0 Å². The molecule has 0 aliphatic heterocycles. The minimum absolute atomic E-state index is 0. The van der Waals surface area contributed by atoms with Crippen molar-refractivity contribution in [3.63, 3.8) is 0 Å². The zero-order valence-electron chi connectivity index (χ0n) is 17.1. The lowest BCUT2D eigenvalue weighted by Crippen LogP contribution is -2.13. The van der Waals surface area contributed by atoms with Crippen molar-refractivity contribution in [1.82, 2.24) is 0 Å². The highest BCUT2D eigenvalue weighted by molar-refractivity contribution is 7.52. The summed E-state index contributed by atoms with van der Waals surface area (Å²) in [7, 11) is -3.02. The van der Waals surface area contributed by atoms with Gasteiger partial charge in [-0.2, -0.15) is 0 Å². The van der Waals surface area contributed by atoms with Gasteiger partial charge in [-0.1, -0.05) is 113 Å². The van der Waals surface area contributed by atoms with Crippen LogP contribution >= 0.6 is 7.60 Å². The van der Waals surface area contributed by atoms with Crippen molar-refractivity contribution in [1.29, 1.82) is 0 Å². The molecule has 0 aromatic carbocycles. The normalized spacial score (nSPS) is 12.5. The molecular formula is C27H73O5P. The zero-order chi connectivity index (χ0) is 19.0. The highest BCUT2D eigenvalue weighted by Gasteiger charge is 2.17. The molecule has 0 rings (SSSR count). The summed E-state index contributed by atoms with van der Waals surface area (Å²) in [5.41, 5.74) is 0. The van der Waals surface area contributed by atoms with E-state index in [1.54, 1.807) is 0 Å². The molecule has 0 spiro atoms. The number of hydrogen-bond acceptors (Lipinski definition) is 5. The second-order valence-electron chi connectivity index (χ2n) is 6.71. The topological polar surface area (TPSA) is 54.0 Å². The highest BCUT2D eigenvalue weighted by Crippen LogP contribution is 2.43. The predicted molar refractivity (Wildman–Crippen MR) is 158 cm³/mol. The molecule has 0 bridgehead atoms. The molecule has 0 saturated carbocycles. The van der Waals surface area contributed by atoms with Crippen molar-refractivity contribution < 1.29 is 23.1 Å². The van der Waals surface area contributed by atoms with E-state index in [9.17, 15) is 4.57 Å². The first-order valence-corrected chi connectivity index (χ1v) is 12.0. The maximum atomic E-state index is 12.2. The number of ether oxygens (including phenoxy) is 2. The first kappa shape index (κ1) is 58.7. The van der Waals surface area contributed by atoms with Crippen LogP contribution in [0, 0.1) is 11.8 Å². The van der Waals surface area contributed by atoms with Crippen molar-refractivity contribution in [2.24, 2.45) is 11.8 Å². The molecule has 0 saturated heterocycles. The molecule has 0 heterocycles. The van der Waals surface area contributed by atoms with E-state index < -0.39 is 7.60 Å². The fraction of sp³-hybridized carbons (Fsp3) is 1.00. The monoisotopic (exact) mass is 509 g/mol. The van der Waals surface area contributed by atoms with Gasteiger partial charge in [-0.3, -0.25) is 4.57 Å². The summed E-state index contributed by atoms with van der Waals surface area (Å²) in [6.45, 7) is 13.2. The van der Waals surface area contributed by atoms with Crippen molar-refractivity contribution in [3.05, 3.63) is 0 Å². The zero-order valence-corrected chi connectivity index (χ0v) is 18.0. The van der Waals surface area contributed by atoms with Gasteiger partial charge in [0.15, 0.2) is 0 Å². The minimum Gasteiger partial charge on any atom is -0.379 e. The smallest absolute Gasteiger partial charge is 0.327 e. The van der Waals surface area contributed by atoms with E-state index in [-0.39, 0.29) is 59.4 Å². The van der Waals surface area contributed by atoms with Gasteiger partial charge in [0.05, 0.1) is 26.4 Å². The van der Waals surface area contributed by atoms with E-state index in [0.29, 0.717) is 38.3 Å². The van der Waals surface area contributed by atoms with Gasteiger partial charge in [0.25, 0.3) is 0 Å². The largest absolute Gasteiger partial charge is 0.379 e. The summed E-state index contributed by atoms with van der Waals surface area (Å²) < 4.78 is 34.1. The number of rotatable bonds is 18. The summed E-state index contributed by atoms with van der Waals surface area (Å²) in [6, 6.07) is 0. The highest BCUT2D eigenvalue weighted by atomic mass is 31.2. The molecule has 0 N–H and O–H groups in total. The fourth-order valence-corrected chi connectivity index (χ4v) is 3.58. The SMILES string of the molecule is C.C.C.C.C.C.C.C.CCCC(CC)COCCOP(C)(=O)OCCOCC(CC)CCC. The van der Waals surface area contributed by atoms with Gasteiger partial charge in [-0.05, 0) is 24.7 Å². The van der Waals surface area contributed by atoms with Gasteiger partial charge in [0.2, 0.25) is 0 Å². The van der Waals surface area contributed by atoms with Crippen molar-refractivity contribution in [2.75, 3.05) is 46.3 Å². The third kappa shape index (κ3) is 36.8. The lowest BCUT2D eigenvalue weighted by atomic mass is 10.0. The third-order valence-corrected chi connectivity index (χ3v) is 5.67. The second kappa shape index (κ2) is 39.3. The fourth-order valence-electron chi connectivity index (χ4n) is 2.69. The first-order valence-electron chi connectivity index (χ1n) is 10.0. The molecule has 6 heteroatoms. The average Bonchev–Trinajstić information content (AvgIpc) is 2.59. The van der Waals surface area contributed by atoms with Gasteiger partial charge < -0.3 is 18.5 Å². The molecule has 2 unspecified atom stereocenters. The molecule has 0 aliphatic rings. The van der Waals surface area contributed by atoms with E-state index in [2.05, 4.69) is 27.7 Å². The molecule has 2 atom stereocenters. The lowest BCUT2D eigenvalue weighted by molar-refractivity contribution is 0.0522. The van der Waals surface area contributed by atoms with Gasteiger partial charge >= 0.3 is 7.60 Å². The lowest BCUT2D eigenvalue weighted by Gasteiger charge is -2.17. The Morgan fingerprint density at radius 3 is 1.12 bits per heavy atom. The summed E-state index contributed by atoms with van der Waals surface area (Å²) in [5, 5.41) is 0.